The lowest BCUT2D eigenvalue weighted by atomic mass is 10.2. The molecule has 1 atom stereocenters. The van der Waals surface area contributed by atoms with E-state index in [1.54, 1.807) is 23.9 Å². The molecule has 0 aliphatic carbocycles. The molecule has 1 aliphatic heterocycles. The van der Waals surface area contributed by atoms with Gasteiger partial charge in [-0.05, 0) is 56.2 Å². The molecule has 5 nitrogen and oxygen atoms in total. The van der Waals surface area contributed by atoms with Gasteiger partial charge in [-0.25, -0.2) is 4.39 Å². The van der Waals surface area contributed by atoms with Crippen LogP contribution in [0.3, 0.4) is 0 Å². The molecule has 0 bridgehead atoms. The molecular weight excluding hydrogens is 389 g/mol. The zero-order valence-electron chi connectivity index (χ0n) is 16.4. The normalized spacial score (nSPS) is 16.3. The molecule has 2 heterocycles. The van der Waals surface area contributed by atoms with Gasteiger partial charge in [0, 0.05) is 17.9 Å². The van der Waals surface area contributed by atoms with Gasteiger partial charge < -0.3 is 9.47 Å². The van der Waals surface area contributed by atoms with Crippen LogP contribution in [0.1, 0.15) is 18.4 Å². The van der Waals surface area contributed by atoms with E-state index in [0.717, 1.165) is 47.5 Å². The Kier molecular flexibility index (Phi) is 6.46. The van der Waals surface area contributed by atoms with Crippen molar-refractivity contribution in [2.45, 2.75) is 37.6 Å². The number of aromatic nitrogens is 3. The van der Waals surface area contributed by atoms with E-state index in [1.807, 2.05) is 24.3 Å². The fraction of sp³-hybridized carbons (Fsp3) is 0.364. The maximum atomic E-state index is 13.3. The monoisotopic (exact) mass is 413 g/mol. The molecule has 0 unspecified atom stereocenters. The molecule has 3 aromatic rings. The zero-order valence-corrected chi connectivity index (χ0v) is 17.2. The highest BCUT2D eigenvalue weighted by Crippen LogP contribution is 2.27. The van der Waals surface area contributed by atoms with Crippen LogP contribution >= 0.6 is 11.8 Å². The van der Waals surface area contributed by atoms with Crippen LogP contribution in [0.5, 0.6) is 5.75 Å². The van der Waals surface area contributed by atoms with Gasteiger partial charge in [0.05, 0.1) is 19.3 Å². The van der Waals surface area contributed by atoms with Gasteiger partial charge in [-0.3, -0.25) is 4.57 Å². The van der Waals surface area contributed by atoms with Gasteiger partial charge in [0.2, 0.25) is 0 Å². The first-order valence-electron chi connectivity index (χ1n) is 9.82. The first-order valence-corrected chi connectivity index (χ1v) is 10.8. The van der Waals surface area contributed by atoms with E-state index in [9.17, 15) is 4.39 Å². The molecule has 1 aromatic heterocycles. The van der Waals surface area contributed by atoms with Crippen molar-refractivity contribution >= 4 is 11.8 Å². The third-order valence-electron chi connectivity index (χ3n) is 4.83. The first kappa shape index (κ1) is 19.9. The first-order chi connectivity index (χ1) is 14.2. The molecule has 2 aromatic carbocycles. The third-order valence-corrected chi connectivity index (χ3v) is 5.76. The second kappa shape index (κ2) is 9.41. The van der Waals surface area contributed by atoms with E-state index in [0.29, 0.717) is 13.2 Å². The number of nitrogens with zero attached hydrogens (tertiary/aromatic N) is 3. The number of ether oxygens (including phenoxy) is 2. The summed E-state index contributed by atoms with van der Waals surface area (Å²) < 4.78 is 27.0. The van der Waals surface area contributed by atoms with Gasteiger partial charge in [-0.15, -0.1) is 10.2 Å². The lowest BCUT2D eigenvalue weighted by Gasteiger charge is -2.15. The van der Waals surface area contributed by atoms with E-state index >= 15 is 0 Å². The Morgan fingerprint density at radius 1 is 1.14 bits per heavy atom. The van der Waals surface area contributed by atoms with E-state index in [1.165, 1.54) is 17.7 Å². The van der Waals surface area contributed by atoms with E-state index in [4.69, 9.17) is 9.47 Å². The number of halogens is 1. The second-order valence-electron chi connectivity index (χ2n) is 7.07. The molecule has 1 fully saturated rings. The summed E-state index contributed by atoms with van der Waals surface area (Å²) in [6.07, 6.45) is 2.26. The maximum Gasteiger partial charge on any atom is 0.191 e. The SMILES string of the molecule is Cc1ccc(OCCSc2nnc(-c3ccc(F)cc3)n2C[C@H]2CCCO2)cc1. The van der Waals surface area contributed by atoms with Gasteiger partial charge >= 0.3 is 0 Å². The van der Waals surface area contributed by atoms with Gasteiger partial charge in [0.15, 0.2) is 11.0 Å². The predicted octanol–water partition coefficient (Wildman–Crippen LogP) is 4.74. The molecule has 152 valence electrons. The Hall–Kier alpha value is -2.38. The summed E-state index contributed by atoms with van der Waals surface area (Å²) in [7, 11) is 0. The summed E-state index contributed by atoms with van der Waals surface area (Å²) in [6.45, 7) is 4.12. The molecule has 0 saturated carbocycles. The van der Waals surface area contributed by atoms with Crippen LogP contribution in [-0.2, 0) is 11.3 Å². The summed E-state index contributed by atoms with van der Waals surface area (Å²) in [4.78, 5) is 0. The second-order valence-corrected chi connectivity index (χ2v) is 8.13. The Balaban J connectivity index is 1.44. The topological polar surface area (TPSA) is 49.2 Å². The lowest BCUT2D eigenvalue weighted by molar-refractivity contribution is 0.0953. The van der Waals surface area contributed by atoms with E-state index < -0.39 is 0 Å². The van der Waals surface area contributed by atoms with Crippen LogP contribution in [0.4, 0.5) is 4.39 Å². The van der Waals surface area contributed by atoms with Crippen LogP contribution in [-0.4, -0.2) is 39.8 Å². The Bertz CT molecular complexity index is 922. The molecule has 1 aliphatic rings. The van der Waals surface area contributed by atoms with Crippen molar-refractivity contribution in [1.82, 2.24) is 14.8 Å². The number of hydrogen-bond acceptors (Lipinski definition) is 5. The molecule has 0 radical (unpaired) electrons. The highest BCUT2D eigenvalue weighted by molar-refractivity contribution is 7.99. The fourth-order valence-corrected chi connectivity index (χ4v) is 4.06. The third kappa shape index (κ3) is 5.16. The van der Waals surface area contributed by atoms with Crippen molar-refractivity contribution in [3.63, 3.8) is 0 Å². The minimum absolute atomic E-state index is 0.161. The number of benzene rings is 2. The standard InChI is InChI=1S/C22H24FN3O2S/c1-16-4-10-19(11-5-16)28-13-14-29-22-25-24-21(17-6-8-18(23)9-7-17)26(22)15-20-3-2-12-27-20/h4-11,20H,2-3,12-15H2,1H3/t20-/m1/s1. The smallest absolute Gasteiger partial charge is 0.191 e. The van der Waals surface area contributed by atoms with Crippen LogP contribution in [0, 0.1) is 12.7 Å². The molecular formula is C22H24FN3O2S. The Labute approximate surface area is 174 Å². The number of aryl methyl sites for hydroxylation is 1. The number of hydrogen-bond donors (Lipinski definition) is 0. The highest BCUT2D eigenvalue weighted by atomic mass is 32.2. The lowest BCUT2D eigenvalue weighted by Crippen LogP contribution is -2.17. The quantitative estimate of drug-likeness (QED) is 0.394. The summed E-state index contributed by atoms with van der Waals surface area (Å²) >= 11 is 1.61. The predicted molar refractivity (Wildman–Crippen MR) is 112 cm³/mol. The summed E-state index contributed by atoms with van der Waals surface area (Å²) in [6, 6.07) is 14.4. The van der Waals surface area contributed by atoms with Crippen molar-refractivity contribution in [3.8, 4) is 17.1 Å². The minimum Gasteiger partial charge on any atom is -0.493 e. The van der Waals surface area contributed by atoms with Gasteiger partial charge in [0.25, 0.3) is 0 Å². The average molecular weight is 414 g/mol. The van der Waals surface area contributed by atoms with Crippen LogP contribution < -0.4 is 4.74 Å². The molecule has 0 N–H and O–H groups in total. The van der Waals surface area contributed by atoms with E-state index in [-0.39, 0.29) is 11.9 Å². The molecule has 29 heavy (non-hydrogen) atoms. The molecule has 1 saturated heterocycles. The number of thioether (sulfide) groups is 1. The summed E-state index contributed by atoms with van der Waals surface area (Å²) in [5, 5.41) is 9.59. The highest BCUT2D eigenvalue weighted by Gasteiger charge is 2.21. The van der Waals surface area contributed by atoms with Crippen LogP contribution in [0.2, 0.25) is 0 Å². The molecule has 4 rings (SSSR count). The summed E-state index contributed by atoms with van der Waals surface area (Å²) in [5.41, 5.74) is 2.06. The van der Waals surface area contributed by atoms with Crippen molar-refractivity contribution in [2.75, 3.05) is 19.0 Å². The van der Waals surface area contributed by atoms with Crippen molar-refractivity contribution < 1.29 is 13.9 Å². The Morgan fingerprint density at radius 2 is 1.93 bits per heavy atom. The Morgan fingerprint density at radius 3 is 2.66 bits per heavy atom. The largest absolute Gasteiger partial charge is 0.493 e. The van der Waals surface area contributed by atoms with E-state index in [2.05, 4.69) is 21.7 Å². The van der Waals surface area contributed by atoms with Crippen molar-refractivity contribution in [1.29, 1.82) is 0 Å². The molecule has 0 amide bonds. The zero-order chi connectivity index (χ0) is 20.1. The molecule has 7 heteroatoms. The van der Waals surface area contributed by atoms with Gasteiger partial charge in [-0.2, -0.15) is 0 Å². The van der Waals surface area contributed by atoms with Crippen molar-refractivity contribution in [3.05, 3.63) is 59.9 Å². The molecule has 0 spiro atoms. The number of rotatable bonds is 8. The van der Waals surface area contributed by atoms with Crippen LogP contribution in [0.25, 0.3) is 11.4 Å². The summed E-state index contributed by atoms with van der Waals surface area (Å²) in [5.74, 6) is 2.09. The van der Waals surface area contributed by atoms with Gasteiger partial charge in [0.1, 0.15) is 11.6 Å². The van der Waals surface area contributed by atoms with Crippen LogP contribution in [0.15, 0.2) is 53.7 Å². The van der Waals surface area contributed by atoms with Gasteiger partial charge in [-0.1, -0.05) is 29.5 Å². The van der Waals surface area contributed by atoms with Crippen molar-refractivity contribution in [2.24, 2.45) is 0 Å². The average Bonchev–Trinajstić information content (AvgIpc) is 3.38. The fourth-order valence-electron chi connectivity index (χ4n) is 3.29. The minimum atomic E-state index is -0.262. The maximum absolute atomic E-state index is 13.3.